The molecule has 1 unspecified atom stereocenters. The molecule has 0 bridgehead atoms. The first-order valence-electron chi connectivity index (χ1n) is 7.08. The number of hydrogen-bond acceptors (Lipinski definition) is 4. The van der Waals surface area contributed by atoms with Crippen molar-refractivity contribution in [3.63, 3.8) is 0 Å². The van der Waals surface area contributed by atoms with Crippen LogP contribution in [0.2, 0.25) is 0 Å². The van der Waals surface area contributed by atoms with E-state index in [1.807, 2.05) is 37.3 Å². The second-order valence-corrected chi connectivity index (χ2v) is 6.37. The summed E-state index contributed by atoms with van der Waals surface area (Å²) in [6.45, 7) is 1.95. The number of benzene rings is 1. The summed E-state index contributed by atoms with van der Waals surface area (Å²) in [5, 5.41) is 11.8. The van der Waals surface area contributed by atoms with Crippen LogP contribution in [0.25, 0.3) is 0 Å². The van der Waals surface area contributed by atoms with Crippen LogP contribution < -0.4 is 5.32 Å². The minimum Gasteiger partial charge on any atom is -0.445 e. The summed E-state index contributed by atoms with van der Waals surface area (Å²) in [7, 11) is -1.04. The van der Waals surface area contributed by atoms with Crippen LogP contribution in [0.3, 0.4) is 0 Å². The first-order chi connectivity index (χ1) is 10.2. The van der Waals surface area contributed by atoms with Crippen LogP contribution in [-0.2, 0) is 22.1 Å². The average molecular weight is 313 g/mol. The van der Waals surface area contributed by atoms with Crippen LogP contribution in [0, 0.1) is 0 Å². The van der Waals surface area contributed by atoms with Crippen molar-refractivity contribution in [2.45, 2.75) is 32.4 Å². The van der Waals surface area contributed by atoms with Gasteiger partial charge in [-0.2, -0.15) is 0 Å². The van der Waals surface area contributed by atoms with Gasteiger partial charge in [0.05, 0.1) is 12.6 Å². The normalized spacial score (nSPS) is 13.4. The number of nitrogens with one attached hydrogen (secondary N) is 1. The third kappa shape index (κ3) is 7.82. The van der Waals surface area contributed by atoms with Crippen LogP contribution in [0.15, 0.2) is 30.3 Å². The lowest BCUT2D eigenvalue weighted by Gasteiger charge is -2.15. The summed E-state index contributed by atoms with van der Waals surface area (Å²) >= 11 is 0. The minimum absolute atomic E-state index is 0.170. The van der Waals surface area contributed by atoms with Gasteiger partial charge in [0.2, 0.25) is 0 Å². The van der Waals surface area contributed by atoms with Gasteiger partial charge in [0.15, 0.2) is 0 Å². The van der Waals surface area contributed by atoms with Crippen molar-refractivity contribution >= 4 is 16.9 Å². The van der Waals surface area contributed by atoms with E-state index in [-0.39, 0.29) is 19.0 Å². The maximum absolute atomic E-state index is 11.7. The Kier molecular flexibility index (Phi) is 8.69. The number of amides is 1. The number of hydrogen-bond donors (Lipinski definition) is 2. The lowest BCUT2D eigenvalue weighted by Crippen LogP contribution is -2.41. The van der Waals surface area contributed by atoms with Crippen molar-refractivity contribution < 1.29 is 18.8 Å². The predicted molar refractivity (Wildman–Crippen MR) is 83.4 cm³/mol. The fraction of sp³-hybridized carbons (Fsp3) is 0.533. The molecule has 0 saturated heterocycles. The van der Waals surface area contributed by atoms with E-state index in [4.69, 9.17) is 4.74 Å². The van der Waals surface area contributed by atoms with Gasteiger partial charge in [-0.3, -0.25) is 4.21 Å². The molecule has 0 saturated carbocycles. The number of ether oxygens (including phenoxy) is 1. The lowest BCUT2D eigenvalue weighted by molar-refractivity contribution is 0.131. The highest BCUT2D eigenvalue weighted by molar-refractivity contribution is 7.85. The Morgan fingerprint density at radius 1 is 1.38 bits per heavy atom. The maximum atomic E-state index is 11.7. The van der Waals surface area contributed by atoms with Gasteiger partial charge in [0.25, 0.3) is 0 Å². The smallest absolute Gasteiger partial charge is 0.407 e. The summed E-state index contributed by atoms with van der Waals surface area (Å²) in [5.74, 6) is 0.838. The zero-order chi connectivity index (χ0) is 15.5. The van der Waals surface area contributed by atoms with Crippen molar-refractivity contribution in [1.29, 1.82) is 0 Å². The number of carbonyl (C=O) groups is 1. The predicted octanol–water partition coefficient (Wildman–Crippen LogP) is 1.82. The molecule has 2 N–H and O–H groups in total. The molecule has 0 aliphatic carbocycles. The van der Waals surface area contributed by atoms with E-state index in [0.29, 0.717) is 5.75 Å². The summed E-state index contributed by atoms with van der Waals surface area (Å²) in [6.07, 6.45) is 1.25. The van der Waals surface area contributed by atoms with Crippen molar-refractivity contribution in [2.24, 2.45) is 0 Å². The van der Waals surface area contributed by atoms with Crippen molar-refractivity contribution in [2.75, 3.05) is 18.1 Å². The fourth-order valence-corrected chi connectivity index (χ4v) is 3.10. The molecular weight excluding hydrogens is 290 g/mol. The van der Waals surface area contributed by atoms with Crippen LogP contribution in [-0.4, -0.2) is 39.6 Å². The molecule has 6 heteroatoms. The molecule has 5 nitrogen and oxygen atoms in total. The second kappa shape index (κ2) is 10.3. The summed E-state index contributed by atoms with van der Waals surface area (Å²) < 4.78 is 16.8. The molecule has 0 radical (unpaired) electrons. The second-order valence-electron chi connectivity index (χ2n) is 4.75. The standard InChI is InChI=1S/C15H23NO4S/c1-2-3-9-21(19)12-14(10-17)16-15(18)20-11-13-7-5-4-6-8-13/h4-8,14,17H,2-3,9-12H2,1H3,(H,16,18)/t14-,21?/m0/s1. The quantitative estimate of drug-likeness (QED) is 0.729. The molecule has 118 valence electrons. The zero-order valence-electron chi connectivity index (χ0n) is 12.3. The number of rotatable bonds is 9. The summed E-state index contributed by atoms with van der Waals surface area (Å²) in [6, 6.07) is 8.80. The SMILES string of the molecule is CCCCS(=O)C[C@H](CO)NC(=O)OCc1ccccc1. The molecule has 0 aromatic heterocycles. The molecule has 0 aliphatic heterocycles. The molecule has 1 amide bonds. The number of unbranched alkanes of at least 4 members (excludes halogenated alkanes) is 1. The fourth-order valence-electron chi connectivity index (χ4n) is 1.68. The Morgan fingerprint density at radius 3 is 2.71 bits per heavy atom. The van der Waals surface area contributed by atoms with Crippen LogP contribution in [0.1, 0.15) is 25.3 Å². The zero-order valence-corrected chi connectivity index (χ0v) is 13.1. The lowest BCUT2D eigenvalue weighted by atomic mass is 10.2. The Morgan fingerprint density at radius 2 is 2.10 bits per heavy atom. The van der Waals surface area contributed by atoms with Gasteiger partial charge < -0.3 is 15.2 Å². The Hall–Kier alpha value is -1.40. The van der Waals surface area contributed by atoms with Gasteiger partial charge >= 0.3 is 6.09 Å². The molecule has 0 fully saturated rings. The first-order valence-corrected chi connectivity index (χ1v) is 8.57. The van der Waals surface area contributed by atoms with E-state index in [1.54, 1.807) is 0 Å². The molecule has 0 spiro atoms. The molecule has 0 heterocycles. The molecule has 1 aromatic carbocycles. The van der Waals surface area contributed by atoms with Crippen molar-refractivity contribution in [3.8, 4) is 0 Å². The third-order valence-corrected chi connectivity index (χ3v) is 4.39. The molecule has 2 atom stereocenters. The van der Waals surface area contributed by atoms with Gasteiger partial charge in [-0.05, 0) is 12.0 Å². The molecular formula is C15H23NO4S. The van der Waals surface area contributed by atoms with E-state index < -0.39 is 22.9 Å². The van der Waals surface area contributed by atoms with Gasteiger partial charge in [-0.25, -0.2) is 4.79 Å². The highest BCUT2D eigenvalue weighted by Crippen LogP contribution is 2.01. The highest BCUT2D eigenvalue weighted by Gasteiger charge is 2.15. The van der Waals surface area contributed by atoms with E-state index in [9.17, 15) is 14.1 Å². The Bertz CT molecular complexity index is 439. The molecule has 1 aromatic rings. The van der Waals surface area contributed by atoms with Crippen molar-refractivity contribution in [1.82, 2.24) is 5.32 Å². The van der Waals surface area contributed by atoms with E-state index >= 15 is 0 Å². The Labute approximate surface area is 128 Å². The number of carbonyl (C=O) groups excluding carboxylic acids is 1. The van der Waals surface area contributed by atoms with Crippen molar-refractivity contribution in [3.05, 3.63) is 35.9 Å². The van der Waals surface area contributed by atoms with Gasteiger partial charge in [0, 0.05) is 22.3 Å². The Balaban J connectivity index is 2.31. The molecule has 1 rings (SSSR count). The number of alkyl carbamates (subject to hydrolysis) is 1. The average Bonchev–Trinajstić information content (AvgIpc) is 2.51. The largest absolute Gasteiger partial charge is 0.445 e. The van der Waals surface area contributed by atoms with Gasteiger partial charge in [-0.15, -0.1) is 0 Å². The molecule has 21 heavy (non-hydrogen) atoms. The third-order valence-electron chi connectivity index (χ3n) is 2.87. The van der Waals surface area contributed by atoms with E-state index in [1.165, 1.54) is 0 Å². The van der Waals surface area contributed by atoms with E-state index in [2.05, 4.69) is 5.32 Å². The number of aliphatic hydroxyl groups is 1. The van der Waals surface area contributed by atoms with Crippen LogP contribution >= 0.6 is 0 Å². The van der Waals surface area contributed by atoms with Gasteiger partial charge in [0.1, 0.15) is 6.61 Å². The minimum atomic E-state index is -1.04. The maximum Gasteiger partial charge on any atom is 0.407 e. The first kappa shape index (κ1) is 17.7. The van der Waals surface area contributed by atoms with Gasteiger partial charge in [-0.1, -0.05) is 43.7 Å². The monoisotopic (exact) mass is 313 g/mol. The summed E-state index contributed by atoms with van der Waals surface area (Å²) in [4.78, 5) is 11.6. The number of aliphatic hydroxyl groups excluding tert-OH is 1. The van der Waals surface area contributed by atoms with E-state index in [0.717, 1.165) is 18.4 Å². The molecule has 0 aliphatic rings. The highest BCUT2D eigenvalue weighted by atomic mass is 32.2. The summed E-state index contributed by atoms with van der Waals surface area (Å²) in [5.41, 5.74) is 0.889. The van der Waals surface area contributed by atoms with Crippen LogP contribution in [0.5, 0.6) is 0 Å². The van der Waals surface area contributed by atoms with Crippen LogP contribution in [0.4, 0.5) is 4.79 Å². The topological polar surface area (TPSA) is 75.6 Å².